The van der Waals surface area contributed by atoms with Crippen molar-refractivity contribution in [2.24, 2.45) is 11.7 Å². The lowest BCUT2D eigenvalue weighted by Gasteiger charge is -2.14. The highest BCUT2D eigenvalue weighted by molar-refractivity contribution is 7.09. The zero-order valence-corrected chi connectivity index (χ0v) is 11.5. The summed E-state index contributed by atoms with van der Waals surface area (Å²) in [5.41, 5.74) is 6.79. The molecule has 17 heavy (non-hydrogen) atoms. The molecule has 0 aliphatic heterocycles. The second kappa shape index (κ2) is 6.71. The van der Waals surface area contributed by atoms with Gasteiger partial charge in [0.25, 0.3) is 0 Å². The van der Waals surface area contributed by atoms with Gasteiger partial charge in [0.1, 0.15) is 0 Å². The number of amides is 1. The summed E-state index contributed by atoms with van der Waals surface area (Å²) < 4.78 is 0. The van der Waals surface area contributed by atoms with Crippen molar-refractivity contribution >= 4 is 17.2 Å². The van der Waals surface area contributed by atoms with Gasteiger partial charge in [0.05, 0.1) is 16.7 Å². The molecular formula is C12H21N3OS. The van der Waals surface area contributed by atoms with Crippen LogP contribution in [0.5, 0.6) is 0 Å². The van der Waals surface area contributed by atoms with Gasteiger partial charge in [-0.15, -0.1) is 11.3 Å². The Kier molecular flexibility index (Phi) is 5.58. The predicted molar refractivity (Wildman–Crippen MR) is 71.0 cm³/mol. The van der Waals surface area contributed by atoms with Crippen molar-refractivity contribution in [3.63, 3.8) is 0 Å². The summed E-state index contributed by atoms with van der Waals surface area (Å²) in [6, 6.07) is -0.420. The molecule has 1 aromatic rings. The van der Waals surface area contributed by atoms with E-state index in [1.165, 1.54) is 0 Å². The van der Waals surface area contributed by atoms with Gasteiger partial charge in [-0.1, -0.05) is 20.8 Å². The fourth-order valence-corrected chi connectivity index (χ4v) is 2.14. The van der Waals surface area contributed by atoms with E-state index in [1.807, 2.05) is 19.2 Å². The fraction of sp³-hybridized carbons (Fsp3) is 0.667. The Balaban J connectivity index is 2.30. The molecule has 1 amide bonds. The minimum atomic E-state index is -0.420. The molecule has 1 rings (SSSR count). The van der Waals surface area contributed by atoms with Gasteiger partial charge in [-0.25, -0.2) is 4.98 Å². The van der Waals surface area contributed by atoms with Gasteiger partial charge in [0.2, 0.25) is 5.91 Å². The normalized spacial score (nSPS) is 12.8. The van der Waals surface area contributed by atoms with E-state index in [0.29, 0.717) is 6.54 Å². The van der Waals surface area contributed by atoms with Gasteiger partial charge in [-0.2, -0.15) is 0 Å². The molecule has 96 valence electrons. The van der Waals surface area contributed by atoms with Crippen molar-refractivity contribution in [1.82, 2.24) is 10.3 Å². The molecule has 0 bridgehead atoms. The van der Waals surface area contributed by atoms with Crippen LogP contribution in [0.4, 0.5) is 0 Å². The SMILES string of the molecule is CCc1nc(CCNC(=O)[C@@H](N)C(C)C)cs1. The molecule has 0 aliphatic rings. The van der Waals surface area contributed by atoms with E-state index in [9.17, 15) is 4.79 Å². The van der Waals surface area contributed by atoms with Gasteiger partial charge in [0.15, 0.2) is 0 Å². The second-order valence-corrected chi connectivity index (χ2v) is 5.34. The van der Waals surface area contributed by atoms with Crippen LogP contribution in [0.1, 0.15) is 31.5 Å². The van der Waals surface area contributed by atoms with Gasteiger partial charge in [0, 0.05) is 18.3 Å². The molecule has 0 fully saturated rings. The number of aromatic nitrogens is 1. The van der Waals surface area contributed by atoms with Crippen molar-refractivity contribution in [3.8, 4) is 0 Å². The summed E-state index contributed by atoms with van der Waals surface area (Å²) in [4.78, 5) is 16.0. The number of rotatable bonds is 6. The molecule has 0 spiro atoms. The number of hydrogen-bond acceptors (Lipinski definition) is 4. The van der Waals surface area contributed by atoms with Crippen molar-refractivity contribution in [2.75, 3.05) is 6.54 Å². The lowest BCUT2D eigenvalue weighted by atomic mass is 10.1. The molecular weight excluding hydrogens is 234 g/mol. The maximum absolute atomic E-state index is 11.6. The van der Waals surface area contributed by atoms with Crippen LogP contribution in [-0.2, 0) is 17.6 Å². The zero-order valence-electron chi connectivity index (χ0n) is 10.7. The topological polar surface area (TPSA) is 68.0 Å². The molecule has 1 heterocycles. The Morgan fingerprint density at radius 3 is 2.82 bits per heavy atom. The highest BCUT2D eigenvalue weighted by Crippen LogP contribution is 2.10. The monoisotopic (exact) mass is 255 g/mol. The van der Waals surface area contributed by atoms with Gasteiger partial charge < -0.3 is 11.1 Å². The average molecular weight is 255 g/mol. The molecule has 3 N–H and O–H groups in total. The smallest absolute Gasteiger partial charge is 0.237 e. The fourth-order valence-electron chi connectivity index (χ4n) is 1.36. The standard InChI is InChI=1S/C12H21N3OS/c1-4-10-15-9(7-17-10)5-6-14-12(16)11(13)8(2)3/h7-8,11H,4-6,13H2,1-3H3,(H,14,16)/t11-/m0/s1. The summed E-state index contributed by atoms with van der Waals surface area (Å²) in [7, 11) is 0. The Morgan fingerprint density at radius 1 is 1.59 bits per heavy atom. The molecule has 5 heteroatoms. The average Bonchev–Trinajstić information content (AvgIpc) is 2.75. The molecule has 0 unspecified atom stereocenters. The molecule has 0 aliphatic carbocycles. The number of nitrogens with one attached hydrogen (secondary N) is 1. The van der Waals surface area contributed by atoms with Crippen LogP contribution in [0.25, 0.3) is 0 Å². The number of aryl methyl sites for hydroxylation is 1. The van der Waals surface area contributed by atoms with Gasteiger partial charge >= 0.3 is 0 Å². The van der Waals surface area contributed by atoms with Crippen LogP contribution in [0.15, 0.2) is 5.38 Å². The second-order valence-electron chi connectivity index (χ2n) is 4.40. The van der Waals surface area contributed by atoms with Crippen LogP contribution < -0.4 is 11.1 Å². The maximum Gasteiger partial charge on any atom is 0.237 e. The first-order valence-electron chi connectivity index (χ1n) is 6.01. The minimum absolute atomic E-state index is 0.0778. The summed E-state index contributed by atoms with van der Waals surface area (Å²) in [6.45, 7) is 6.58. The van der Waals surface area contributed by atoms with E-state index in [1.54, 1.807) is 11.3 Å². The van der Waals surface area contributed by atoms with E-state index < -0.39 is 6.04 Å². The Morgan fingerprint density at radius 2 is 2.29 bits per heavy atom. The molecule has 4 nitrogen and oxygen atoms in total. The van der Waals surface area contributed by atoms with E-state index in [4.69, 9.17) is 5.73 Å². The summed E-state index contributed by atoms with van der Waals surface area (Å²) in [5.74, 6) is 0.0897. The number of thiazole rings is 1. The lowest BCUT2D eigenvalue weighted by Crippen LogP contribution is -2.44. The Bertz CT molecular complexity index is 362. The number of nitrogens with two attached hydrogens (primary N) is 1. The first kappa shape index (κ1) is 14.1. The molecule has 0 radical (unpaired) electrons. The number of carbonyl (C=O) groups is 1. The highest BCUT2D eigenvalue weighted by atomic mass is 32.1. The molecule has 0 saturated heterocycles. The van der Waals surface area contributed by atoms with Crippen LogP contribution >= 0.6 is 11.3 Å². The summed E-state index contributed by atoms with van der Waals surface area (Å²) >= 11 is 1.67. The number of hydrogen-bond donors (Lipinski definition) is 2. The Labute approximate surface area is 107 Å². The van der Waals surface area contributed by atoms with Crippen LogP contribution in [0, 0.1) is 5.92 Å². The minimum Gasteiger partial charge on any atom is -0.354 e. The molecule has 1 atom stereocenters. The lowest BCUT2D eigenvalue weighted by molar-refractivity contribution is -0.123. The number of carbonyl (C=O) groups excluding carboxylic acids is 1. The summed E-state index contributed by atoms with van der Waals surface area (Å²) in [5, 5.41) is 6.03. The van der Waals surface area contributed by atoms with Crippen molar-refractivity contribution in [2.45, 2.75) is 39.7 Å². The van der Waals surface area contributed by atoms with Gasteiger partial charge in [-0.05, 0) is 12.3 Å². The first-order chi connectivity index (χ1) is 8.04. The third kappa shape index (κ3) is 4.44. The van der Waals surface area contributed by atoms with Gasteiger partial charge in [-0.3, -0.25) is 4.79 Å². The highest BCUT2D eigenvalue weighted by Gasteiger charge is 2.16. The maximum atomic E-state index is 11.6. The molecule has 0 aromatic carbocycles. The van der Waals surface area contributed by atoms with E-state index >= 15 is 0 Å². The number of nitrogens with zero attached hydrogens (tertiary/aromatic N) is 1. The Hall–Kier alpha value is -0.940. The summed E-state index contributed by atoms with van der Waals surface area (Å²) in [6.07, 6.45) is 1.74. The molecule has 0 saturated carbocycles. The van der Waals surface area contributed by atoms with Crippen molar-refractivity contribution in [3.05, 3.63) is 16.1 Å². The molecule has 1 aromatic heterocycles. The van der Waals surface area contributed by atoms with Crippen molar-refractivity contribution < 1.29 is 4.79 Å². The predicted octanol–water partition coefficient (Wildman–Crippen LogP) is 1.35. The van der Waals surface area contributed by atoms with Crippen LogP contribution in [0.3, 0.4) is 0 Å². The van der Waals surface area contributed by atoms with Crippen LogP contribution in [0.2, 0.25) is 0 Å². The van der Waals surface area contributed by atoms with E-state index in [2.05, 4.69) is 17.2 Å². The van der Waals surface area contributed by atoms with E-state index in [-0.39, 0.29) is 11.8 Å². The first-order valence-corrected chi connectivity index (χ1v) is 6.89. The largest absolute Gasteiger partial charge is 0.354 e. The zero-order chi connectivity index (χ0) is 12.8. The third-order valence-corrected chi connectivity index (χ3v) is 3.65. The quantitative estimate of drug-likeness (QED) is 0.806. The van der Waals surface area contributed by atoms with Crippen molar-refractivity contribution in [1.29, 1.82) is 0 Å². The third-order valence-electron chi connectivity index (χ3n) is 2.60. The van der Waals surface area contributed by atoms with E-state index in [0.717, 1.165) is 23.5 Å². The van der Waals surface area contributed by atoms with Crippen LogP contribution in [-0.4, -0.2) is 23.5 Å².